The Morgan fingerprint density at radius 2 is 1.96 bits per heavy atom. The molecule has 6 nitrogen and oxygen atoms in total. The lowest BCUT2D eigenvalue weighted by atomic mass is 9.95. The fourth-order valence-corrected chi connectivity index (χ4v) is 4.10. The number of carbonyl (C=O) groups excluding carboxylic acids is 1. The highest BCUT2D eigenvalue weighted by atomic mass is 35.5. The van der Waals surface area contributed by atoms with E-state index in [1.807, 2.05) is 18.2 Å². The molecule has 1 saturated carbocycles. The zero-order valence-corrected chi connectivity index (χ0v) is 15.7. The van der Waals surface area contributed by atoms with E-state index in [1.165, 1.54) is 19.3 Å². The summed E-state index contributed by atoms with van der Waals surface area (Å²) in [6, 6.07) is 8.50. The van der Waals surface area contributed by atoms with Crippen LogP contribution in [-0.4, -0.2) is 34.2 Å². The first-order chi connectivity index (χ1) is 12.3. The number of hydrogen-bond donors (Lipinski definition) is 2. The van der Waals surface area contributed by atoms with Crippen LogP contribution in [0.5, 0.6) is 0 Å². The van der Waals surface area contributed by atoms with Crippen molar-refractivity contribution in [3.8, 4) is 0 Å². The third-order valence-corrected chi connectivity index (χ3v) is 5.43. The predicted octanol–water partition coefficient (Wildman–Crippen LogP) is 3.41. The van der Waals surface area contributed by atoms with Gasteiger partial charge in [-0.2, -0.15) is 0 Å². The Kier molecular flexibility index (Phi) is 6.16. The molecule has 0 spiro atoms. The average Bonchev–Trinajstić information content (AvgIpc) is 3.26. The minimum atomic E-state index is -0.423. The largest absolute Gasteiger partial charge is 0.364 e. The fraction of sp³-hybridized carbons (Fsp3) is 0.579. The summed E-state index contributed by atoms with van der Waals surface area (Å²) in [5, 5.41) is 3.03. The number of nitrogens with two attached hydrogens (primary N) is 1. The summed E-state index contributed by atoms with van der Waals surface area (Å²) in [7, 11) is 0. The number of nitrogens with one attached hydrogen (secondary N) is 1. The van der Waals surface area contributed by atoms with Crippen molar-refractivity contribution in [3.63, 3.8) is 0 Å². The monoisotopic (exact) mass is 378 g/mol. The first-order valence-corrected chi connectivity index (χ1v) is 9.39. The van der Waals surface area contributed by atoms with Crippen LogP contribution in [0.2, 0.25) is 0 Å². The van der Waals surface area contributed by atoms with Gasteiger partial charge in [0.25, 0.3) is 5.91 Å². The lowest BCUT2D eigenvalue weighted by Crippen LogP contribution is -2.31. The van der Waals surface area contributed by atoms with Gasteiger partial charge in [-0.15, -0.1) is 12.4 Å². The van der Waals surface area contributed by atoms with E-state index in [2.05, 4.69) is 20.9 Å². The maximum atomic E-state index is 12.7. The zero-order chi connectivity index (χ0) is 17.2. The van der Waals surface area contributed by atoms with Crippen LogP contribution in [0.3, 0.4) is 0 Å². The number of amides is 1. The first-order valence-electron chi connectivity index (χ1n) is 9.39. The number of aromatic nitrogens is 2. The van der Waals surface area contributed by atoms with Crippen LogP contribution >= 0.6 is 12.4 Å². The summed E-state index contributed by atoms with van der Waals surface area (Å²) in [6.07, 6.45) is 7.16. The van der Waals surface area contributed by atoms with Crippen LogP contribution in [0, 0.1) is 0 Å². The van der Waals surface area contributed by atoms with Crippen molar-refractivity contribution in [1.29, 1.82) is 0 Å². The molecule has 2 aromatic rings. The van der Waals surface area contributed by atoms with Gasteiger partial charge in [-0.1, -0.05) is 31.4 Å². The second-order valence-electron chi connectivity index (χ2n) is 7.13. The molecule has 1 aliphatic heterocycles. The van der Waals surface area contributed by atoms with Gasteiger partial charge < -0.3 is 15.0 Å². The highest BCUT2D eigenvalue weighted by Gasteiger charge is 2.31. The van der Waals surface area contributed by atoms with Gasteiger partial charge >= 0.3 is 0 Å². The Morgan fingerprint density at radius 1 is 1.19 bits per heavy atom. The lowest BCUT2D eigenvalue weighted by Gasteiger charge is -2.25. The maximum Gasteiger partial charge on any atom is 0.255 e. The van der Waals surface area contributed by atoms with Gasteiger partial charge in [0.15, 0.2) is 0 Å². The van der Waals surface area contributed by atoms with Crippen LogP contribution in [0.1, 0.15) is 51.0 Å². The Hall–Kier alpha value is -1.63. The molecule has 2 fully saturated rings. The number of fused-ring (bicyclic) bond motifs is 1. The van der Waals surface area contributed by atoms with E-state index in [4.69, 9.17) is 10.5 Å². The molecule has 4 rings (SSSR count). The third kappa shape index (κ3) is 3.72. The maximum absolute atomic E-state index is 12.7. The van der Waals surface area contributed by atoms with E-state index in [1.54, 1.807) is 0 Å². The molecule has 0 bridgehead atoms. The molecule has 142 valence electrons. The number of halogens is 1. The summed E-state index contributed by atoms with van der Waals surface area (Å²) < 4.78 is 7.95. The molecule has 0 radical (unpaired) electrons. The average molecular weight is 379 g/mol. The number of para-hydroxylation sites is 2. The molecular weight excluding hydrogens is 352 g/mol. The van der Waals surface area contributed by atoms with Gasteiger partial charge in [-0.25, -0.2) is 4.98 Å². The molecule has 1 aromatic carbocycles. The predicted molar refractivity (Wildman–Crippen MR) is 105 cm³/mol. The van der Waals surface area contributed by atoms with Crippen molar-refractivity contribution in [2.45, 2.75) is 63.2 Å². The number of imidazole rings is 1. The number of ether oxygens (including phenoxy) is 1. The second-order valence-corrected chi connectivity index (χ2v) is 7.13. The zero-order valence-electron chi connectivity index (χ0n) is 14.9. The molecule has 2 heterocycles. The van der Waals surface area contributed by atoms with Crippen LogP contribution < -0.4 is 11.1 Å². The van der Waals surface area contributed by atoms with Crippen LogP contribution in [0.4, 0.5) is 5.95 Å². The standard InChI is InChI=1S/C19H26N4O2.ClH/c20-12-14-10-11-17(25-14)18(24)22-19-21-15-8-4-5-9-16(15)23(19)13-6-2-1-3-7-13;/h4-5,8-9,13-14,17H,1-3,6-7,10-12,20H2,(H,21,22,24);1H/t14-,17+;/m1./s1. The van der Waals surface area contributed by atoms with E-state index in [0.717, 1.165) is 36.7 Å². The Labute approximate surface area is 159 Å². The molecule has 3 N–H and O–H groups in total. The normalized spacial score (nSPS) is 23.7. The lowest BCUT2D eigenvalue weighted by molar-refractivity contribution is -0.126. The topological polar surface area (TPSA) is 82.2 Å². The Morgan fingerprint density at radius 3 is 2.69 bits per heavy atom. The first kappa shape index (κ1) is 19.1. The Balaban J connectivity index is 0.00000196. The second kappa shape index (κ2) is 8.37. The van der Waals surface area contributed by atoms with Gasteiger partial charge in [0, 0.05) is 12.6 Å². The molecule has 7 heteroatoms. The third-order valence-electron chi connectivity index (χ3n) is 5.43. The van der Waals surface area contributed by atoms with E-state index in [-0.39, 0.29) is 24.4 Å². The van der Waals surface area contributed by atoms with E-state index in [9.17, 15) is 4.79 Å². The summed E-state index contributed by atoms with van der Waals surface area (Å²) in [5.41, 5.74) is 7.67. The molecular formula is C19H27ClN4O2. The highest BCUT2D eigenvalue weighted by Crippen LogP contribution is 2.34. The molecule has 1 aromatic heterocycles. The minimum absolute atomic E-state index is 0. The van der Waals surface area contributed by atoms with Crippen LogP contribution in [-0.2, 0) is 9.53 Å². The molecule has 26 heavy (non-hydrogen) atoms. The van der Waals surface area contributed by atoms with Crippen molar-refractivity contribution < 1.29 is 9.53 Å². The van der Waals surface area contributed by atoms with Crippen molar-refractivity contribution in [1.82, 2.24) is 9.55 Å². The number of hydrogen-bond acceptors (Lipinski definition) is 4. The molecule has 1 saturated heterocycles. The quantitative estimate of drug-likeness (QED) is 0.854. The minimum Gasteiger partial charge on any atom is -0.364 e. The van der Waals surface area contributed by atoms with E-state index >= 15 is 0 Å². The van der Waals surface area contributed by atoms with Gasteiger partial charge in [-0.3, -0.25) is 10.1 Å². The molecule has 1 amide bonds. The molecule has 1 aliphatic carbocycles. The van der Waals surface area contributed by atoms with Gasteiger partial charge in [-0.05, 0) is 37.8 Å². The summed E-state index contributed by atoms with van der Waals surface area (Å²) >= 11 is 0. The van der Waals surface area contributed by atoms with Gasteiger partial charge in [0.1, 0.15) is 6.10 Å². The van der Waals surface area contributed by atoms with E-state index in [0.29, 0.717) is 18.5 Å². The number of carbonyl (C=O) groups is 1. The highest BCUT2D eigenvalue weighted by molar-refractivity contribution is 5.94. The molecule has 2 atom stereocenters. The number of anilines is 1. The molecule has 2 aliphatic rings. The number of nitrogens with zero attached hydrogens (tertiary/aromatic N) is 2. The fourth-order valence-electron chi connectivity index (χ4n) is 4.10. The van der Waals surface area contributed by atoms with Gasteiger partial charge in [0.2, 0.25) is 5.95 Å². The van der Waals surface area contributed by atoms with Crippen LogP contribution in [0.15, 0.2) is 24.3 Å². The van der Waals surface area contributed by atoms with Gasteiger partial charge in [0.05, 0.1) is 17.1 Å². The van der Waals surface area contributed by atoms with Crippen LogP contribution in [0.25, 0.3) is 11.0 Å². The van der Waals surface area contributed by atoms with E-state index < -0.39 is 6.10 Å². The van der Waals surface area contributed by atoms with Crippen molar-refractivity contribution in [2.75, 3.05) is 11.9 Å². The van der Waals surface area contributed by atoms with Crippen molar-refractivity contribution >= 4 is 35.3 Å². The SMILES string of the molecule is Cl.NC[C@H]1CC[C@@H](C(=O)Nc2nc3ccccc3n2C2CCCCC2)O1. The van der Waals surface area contributed by atoms with Crippen molar-refractivity contribution in [3.05, 3.63) is 24.3 Å². The number of rotatable bonds is 4. The Bertz CT molecular complexity index is 757. The summed E-state index contributed by atoms with van der Waals surface area (Å²) in [6.45, 7) is 0.463. The van der Waals surface area contributed by atoms with Crippen molar-refractivity contribution in [2.24, 2.45) is 5.73 Å². The molecule has 0 unspecified atom stereocenters. The summed E-state index contributed by atoms with van der Waals surface area (Å²) in [4.78, 5) is 17.3. The number of benzene rings is 1. The smallest absolute Gasteiger partial charge is 0.255 e. The summed E-state index contributed by atoms with van der Waals surface area (Å²) in [5.74, 6) is 0.543.